The Labute approximate surface area is 142 Å². The fraction of sp³-hybridized carbons (Fsp3) is 0.333. The van der Waals surface area contributed by atoms with E-state index < -0.39 is 0 Å². The Morgan fingerprint density at radius 1 is 1.17 bits per heavy atom. The third-order valence-corrected chi connectivity index (χ3v) is 3.51. The lowest BCUT2D eigenvalue weighted by molar-refractivity contribution is -0.138. The van der Waals surface area contributed by atoms with Gasteiger partial charge in [0.25, 0.3) is 0 Å². The number of nitrogens with zero attached hydrogens (tertiary/aromatic N) is 1. The van der Waals surface area contributed by atoms with Crippen LogP contribution in [-0.2, 0) is 9.53 Å². The van der Waals surface area contributed by atoms with E-state index in [0.717, 1.165) is 17.0 Å². The fourth-order valence-corrected chi connectivity index (χ4v) is 2.25. The number of esters is 1. The summed E-state index contributed by atoms with van der Waals surface area (Å²) in [6, 6.07) is 11.5. The van der Waals surface area contributed by atoms with Crippen LogP contribution in [0.2, 0.25) is 0 Å². The molecule has 0 atom stereocenters. The van der Waals surface area contributed by atoms with E-state index >= 15 is 0 Å². The first-order valence-electron chi connectivity index (χ1n) is 7.76. The standard InChI is InChI=1S/C18H23N3O3/c1-12(2)14-10-13(8-9-15(14)23-3)20-17-7-5-6-16(21-17)19-11-18(22)24-4/h5-10,12H,11H2,1-4H3,(H2,19,20,21). The van der Waals surface area contributed by atoms with Crippen LogP contribution in [0.25, 0.3) is 0 Å². The first kappa shape index (κ1) is 17.6. The van der Waals surface area contributed by atoms with Gasteiger partial charge in [-0.2, -0.15) is 0 Å². The molecule has 0 radical (unpaired) electrons. The summed E-state index contributed by atoms with van der Waals surface area (Å²) in [6.45, 7) is 4.32. The van der Waals surface area contributed by atoms with Crippen molar-refractivity contribution in [3.05, 3.63) is 42.0 Å². The second-order valence-electron chi connectivity index (χ2n) is 5.57. The molecule has 1 aromatic heterocycles. The summed E-state index contributed by atoms with van der Waals surface area (Å²) in [5.74, 6) is 2.17. The van der Waals surface area contributed by atoms with E-state index in [1.54, 1.807) is 13.2 Å². The number of aromatic nitrogens is 1. The van der Waals surface area contributed by atoms with Crippen molar-refractivity contribution in [2.45, 2.75) is 19.8 Å². The van der Waals surface area contributed by atoms with Gasteiger partial charge in [0.2, 0.25) is 0 Å². The Kier molecular flexibility index (Phi) is 6.01. The Morgan fingerprint density at radius 3 is 2.58 bits per heavy atom. The second-order valence-corrected chi connectivity index (χ2v) is 5.57. The summed E-state index contributed by atoms with van der Waals surface area (Å²) in [5.41, 5.74) is 2.06. The van der Waals surface area contributed by atoms with Crippen LogP contribution in [0.15, 0.2) is 36.4 Å². The first-order valence-corrected chi connectivity index (χ1v) is 7.76. The van der Waals surface area contributed by atoms with Crippen LogP contribution in [0.5, 0.6) is 5.75 Å². The van der Waals surface area contributed by atoms with E-state index in [-0.39, 0.29) is 12.5 Å². The SMILES string of the molecule is COC(=O)CNc1cccc(Nc2ccc(OC)c(C(C)C)c2)n1. The van der Waals surface area contributed by atoms with Gasteiger partial charge in [0.15, 0.2) is 0 Å². The molecular weight excluding hydrogens is 306 g/mol. The van der Waals surface area contributed by atoms with Crippen molar-refractivity contribution in [1.82, 2.24) is 4.98 Å². The summed E-state index contributed by atoms with van der Waals surface area (Å²) < 4.78 is 10.00. The largest absolute Gasteiger partial charge is 0.496 e. The summed E-state index contributed by atoms with van der Waals surface area (Å²) in [5, 5.41) is 6.19. The number of rotatable bonds is 7. The molecule has 0 spiro atoms. The van der Waals surface area contributed by atoms with Gasteiger partial charge >= 0.3 is 5.97 Å². The van der Waals surface area contributed by atoms with Crippen LogP contribution in [0.3, 0.4) is 0 Å². The molecule has 2 rings (SSSR count). The zero-order chi connectivity index (χ0) is 17.5. The summed E-state index contributed by atoms with van der Waals surface area (Å²) in [6.07, 6.45) is 0. The Hall–Kier alpha value is -2.76. The normalized spacial score (nSPS) is 10.4. The maximum absolute atomic E-state index is 11.2. The van der Waals surface area contributed by atoms with Crippen molar-refractivity contribution < 1.29 is 14.3 Å². The molecular formula is C18H23N3O3. The highest BCUT2D eigenvalue weighted by atomic mass is 16.5. The van der Waals surface area contributed by atoms with Gasteiger partial charge < -0.3 is 20.1 Å². The number of hydrogen-bond donors (Lipinski definition) is 2. The van der Waals surface area contributed by atoms with Crippen LogP contribution in [0, 0.1) is 0 Å². The minimum atomic E-state index is -0.341. The highest BCUT2D eigenvalue weighted by molar-refractivity contribution is 5.74. The van der Waals surface area contributed by atoms with E-state index in [4.69, 9.17) is 4.74 Å². The molecule has 1 aromatic carbocycles. The van der Waals surface area contributed by atoms with Gasteiger partial charge in [0.05, 0.1) is 14.2 Å². The lowest BCUT2D eigenvalue weighted by atomic mass is 10.0. The molecule has 0 fully saturated rings. The zero-order valence-electron chi connectivity index (χ0n) is 14.4. The molecule has 0 aliphatic rings. The van der Waals surface area contributed by atoms with Crippen LogP contribution in [-0.4, -0.2) is 31.7 Å². The van der Waals surface area contributed by atoms with Crippen molar-refractivity contribution in [3.63, 3.8) is 0 Å². The van der Waals surface area contributed by atoms with Gasteiger partial charge in [0, 0.05) is 5.69 Å². The predicted octanol–water partition coefficient (Wildman–Crippen LogP) is 3.54. The van der Waals surface area contributed by atoms with E-state index in [0.29, 0.717) is 17.6 Å². The van der Waals surface area contributed by atoms with Crippen LogP contribution in [0.1, 0.15) is 25.3 Å². The smallest absolute Gasteiger partial charge is 0.325 e. The molecule has 0 bridgehead atoms. The Bertz CT molecular complexity index is 702. The van der Waals surface area contributed by atoms with Crippen molar-refractivity contribution in [1.29, 1.82) is 0 Å². The van der Waals surface area contributed by atoms with Gasteiger partial charge in [-0.05, 0) is 41.8 Å². The number of carbonyl (C=O) groups is 1. The molecule has 0 aliphatic heterocycles. The number of methoxy groups -OCH3 is 2. The molecule has 0 saturated heterocycles. The maximum atomic E-state index is 11.2. The van der Waals surface area contributed by atoms with Crippen molar-refractivity contribution in [3.8, 4) is 5.75 Å². The molecule has 2 N–H and O–H groups in total. The number of benzene rings is 1. The molecule has 1 heterocycles. The third kappa shape index (κ3) is 4.62. The van der Waals surface area contributed by atoms with Gasteiger partial charge in [-0.25, -0.2) is 4.98 Å². The fourth-order valence-electron chi connectivity index (χ4n) is 2.25. The number of ether oxygens (including phenoxy) is 2. The first-order chi connectivity index (χ1) is 11.5. The van der Waals surface area contributed by atoms with Crippen molar-refractivity contribution in [2.24, 2.45) is 0 Å². The molecule has 0 amide bonds. The molecule has 6 heteroatoms. The topological polar surface area (TPSA) is 72.5 Å². The molecule has 128 valence electrons. The highest BCUT2D eigenvalue weighted by Crippen LogP contribution is 2.30. The van der Waals surface area contributed by atoms with Gasteiger partial charge in [-0.1, -0.05) is 19.9 Å². The average molecular weight is 329 g/mol. The third-order valence-electron chi connectivity index (χ3n) is 3.51. The molecule has 2 aromatic rings. The van der Waals surface area contributed by atoms with Crippen LogP contribution < -0.4 is 15.4 Å². The van der Waals surface area contributed by atoms with Crippen LogP contribution in [0.4, 0.5) is 17.3 Å². The summed E-state index contributed by atoms with van der Waals surface area (Å²) >= 11 is 0. The summed E-state index contributed by atoms with van der Waals surface area (Å²) in [4.78, 5) is 15.6. The molecule has 0 saturated carbocycles. The predicted molar refractivity (Wildman–Crippen MR) is 95.1 cm³/mol. The number of anilines is 3. The van der Waals surface area contributed by atoms with Gasteiger partial charge in [0.1, 0.15) is 23.9 Å². The minimum absolute atomic E-state index is 0.0764. The highest BCUT2D eigenvalue weighted by Gasteiger charge is 2.09. The van der Waals surface area contributed by atoms with E-state index in [2.05, 4.69) is 40.3 Å². The quantitative estimate of drug-likeness (QED) is 0.757. The van der Waals surface area contributed by atoms with E-state index in [9.17, 15) is 4.79 Å². The number of hydrogen-bond acceptors (Lipinski definition) is 6. The lowest BCUT2D eigenvalue weighted by Gasteiger charge is -2.14. The van der Waals surface area contributed by atoms with Crippen LogP contribution >= 0.6 is 0 Å². The van der Waals surface area contributed by atoms with Gasteiger partial charge in [-0.3, -0.25) is 4.79 Å². The minimum Gasteiger partial charge on any atom is -0.496 e. The second kappa shape index (κ2) is 8.19. The monoisotopic (exact) mass is 329 g/mol. The molecule has 0 unspecified atom stereocenters. The van der Waals surface area contributed by atoms with Crippen molar-refractivity contribution >= 4 is 23.3 Å². The molecule has 24 heavy (non-hydrogen) atoms. The van der Waals surface area contributed by atoms with E-state index in [1.165, 1.54) is 7.11 Å². The zero-order valence-corrected chi connectivity index (χ0v) is 14.4. The van der Waals surface area contributed by atoms with Gasteiger partial charge in [-0.15, -0.1) is 0 Å². The average Bonchev–Trinajstić information content (AvgIpc) is 2.59. The maximum Gasteiger partial charge on any atom is 0.325 e. The number of pyridine rings is 1. The van der Waals surface area contributed by atoms with Crippen molar-refractivity contribution in [2.75, 3.05) is 31.4 Å². The lowest BCUT2D eigenvalue weighted by Crippen LogP contribution is -2.15. The number of carbonyl (C=O) groups excluding carboxylic acids is 1. The Balaban J connectivity index is 2.13. The van der Waals surface area contributed by atoms with E-state index in [1.807, 2.05) is 24.3 Å². The summed E-state index contributed by atoms with van der Waals surface area (Å²) in [7, 11) is 3.03. The molecule has 6 nitrogen and oxygen atoms in total. The number of nitrogens with one attached hydrogen (secondary N) is 2. The Morgan fingerprint density at radius 2 is 1.92 bits per heavy atom. The molecule has 0 aliphatic carbocycles.